The molecule has 0 unspecified atom stereocenters. The Balaban J connectivity index is 1.69. The Kier molecular flexibility index (Phi) is 4.15. The lowest BCUT2D eigenvalue weighted by Gasteiger charge is -2.07. The second-order valence-electron chi connectivity index (χ2n) is 4.69. The second-order valence-corrected chi connectivity index (χ2v) is 4.69. The first-order valence-electron chi connectivity index (χ1n) is 6.89. The lowest BCUT2D eigenvalue weighted by atomic mass is 10.2. The van der Waals surface area contributed by atoms with Gasteiger partial charge in [-0.3, -0.25) is 9.59 Å². The molecule has 1 amide bonds. The maximum absolute atomic E-state index is 12.0. The Morgan fingerprint density at radius 2 is 1.70 bits per heavy atom. The van der Waals surface area contributed by atoms with Gasteiger partial charge >= 0.3 is 0 Å². The normalized spacial score (nSPS) is 10.1. The second kappa shape index (κ2) is 6.57. The first-order valence-corrected chi connectivity index (χ1v) is 6.89. The van der Waals surface area contributed by atoms with E-state index in [-0.39, 0.29) is 5.56 Å². The molecule has 3 aromatic rings. The van der Waals surface area contributed by atoms with Gasteiger partial charge in [0.1, 0.15) is 17.1 Å². The van der Waals surface area contributed by atoms with Crippen molar-refractivity contribution in [3.05, 3.63) is 83.0 Å². The van der Waals surface area contributed by atoms with Crippen LogP contribution in [0.1, 0.15) is 10.4 Å². The summed E-state index contributed by atoms with van der Waals surface area (Å²) in [5.74, 6) is 0.857. The van der Waals surface area contributed by atoms with Crippen LogP contribution < -0.4 is 15.6 Å². The molecule has 114 valence electrons. The highest BCUT2D eigenvalue weighted by atomic mass is 16.5. The minimum Gasteiger partial charge on any atom is -0.457 e. The first kappa shape index (κ1) is 14.5. The van der Waals surface area contributed by atoms with Gasteiger partial charge in [0.05, 0.1) is 6.33 Å². The fraction of sp³-hybridized carbons (Fsp3) is 0. The van der Waals surface area contributed by atoms with E-state index in [2.05, 4.69) is 15.3 Å². The van der Waals surface area contributed by atoms with Crippen molar-refractivity contribution in [2.75, 3.05) is 5.32 Å². The lowest BCUT2D eigenvalue weighted by molar-refractivity contribution is 0.102. The van der Waals surface area contributed by atoms with E-state index < -0.39 is 11.5 Å². The van der Waals surface area contributed by atoms with Gasteiger partial charge < -0.3 is 15.0 Å². The van der Waals surface area contributed by atoms with Crippen molar-refractivity contribution in [3.8, 4) is 11.5 Å². The van der Waals surface area contributed by atoms with Crippen molar-refractivity contribution >= 4 is 11.6 Å². The van der Waals surface area contributed by atoms with Gasteiger partial charge in [-0.05, 0) is 36.4 Å². The Morgan fingerprint density at radius 1 is 1.00 bits per heavy atom. The van der Waals surface area contributed by atoms with E-state index in [1.165, 1.54) is 12.5 Å². The summed E-state index contributed by atoms with van der Waals surface area (Å²) in [4.78, 5) is 29.6. The number of H-pyrrole nitrogens is 1. The smallest absolute Gasteiger partial charge is 0.263 e. The predicted molar refractivity (Wildman–Crippen MR) is 85.8 cm³/mol. The topological polar surface area (TPSA) is 84.1 Å². The zero-order chi connectivity index (χ0) is 16.1. The minimum atomic E-state index is -0.518. The van der Waals surface area contributed by atoms with Gasteiger partial charge in [-0.2, -0.15) is 0 Å². The molecule has 0 saturated heterocycles. The highest BCUT2D eigenvalue weighted by molar-refractivity contribution is 6.03. The molecule has 2 aromatic carbocycles. The quantitative estimate of drug-likeness (QED) is 0.776. The third-order valence-corrected chi connectivity index (χ3v) is 3.05. The van der Waals surface area contributed by atoms with Crippen molar-refractivity contribution in [1.82, 2.24) is 9.97 Å². The molecule has 2 N–H and O–H groups in total. The van der Waals surface area contributed by atoms with Crippen LogP contribution in [0.2, 0.25) is 0 Å². The molecular weight excluding hydrogens is 294 g/mol. The zero-order valence-corrected chi connectivity index (χ0v) is 12.0. The average molecular weight is 307 g/mol. The van der Waals surface area contributed by atoms with Gasteiger partial charge in [0.15, 0.2) is 0 Å². The molecule has 0 bridgehead atoms. The molecule has 6 nitrogen and oxygen atoms in total. The summed E-state index contributed by atoms with van der Waals surface area (Å²) in [7, 11) is 0. The van der Waals surface area contributed by atoms with Gasteiger partial charge in [-0.15, -0.1) is 0 Å². The fourth-order valence-electron chi connectivity index (χ4n) is 1.94. The number of nitrogens with one attached hydrogen (secondary N) is 2. The summed E-state index contributed by atoms with van der Waals surface area (Å²) in [6.45, 7) is 0. The van der Waals surface area contributed by atoms with Crippen LogP contribution in [-0.2, 0) is 0 Å². The molecule has 0 fully saturated rings. The Labute approximate surface area is 131 Å². The SMILES string of the molecule is O=C(Nc1ccc(Oc2ccccc2)cc1)c1cnc[nH]c1=O. The van der Waals surface area contributed by atoms with Crippen LogP contribution in [0, 0.1) is 0 Å². The van der Waals surface area contributed by atoms with Crippen LogP contribution in [0.15, 0.2) is 71.9 Å². The monoisotopic (exact) mass is 307 g/mol. The summed E-state index contributed by atoms with van der Waals surface area (Å²) < 4.78 is 5.66. The molecule has 0 radical (unpaired) electrons. The number of ether oxygens (including phenoxy) is 1. The van der Waals surface area contributed by atoms with E-state index in [0.717, 1.165) is 5.75 Å². The van der Waals surface area contributed by atoms with Crippen LogP contribution in [-0.4, -0.2) is 15.9 Å². The molecule has 1 heterocycles. The number of anilines is 1. The summed E-state index contributed by atoms with van der Waals surface area (Å²) in [6, 6.07) is 16.2. The number of hydrogen-bond donors (Lipinski definition) is 2. The number of carbonyl (C=O) groups is 1. The number of carbonyl (C=O) groups excluding carboxylic acids is 1. The number of amides is 1. The number of nitrogens with zero attached hydrogens (tertiary/aromatic N) is 1. The number of aromatic amines is 1. The number of benzene rings is 2. The van der Waals surface area contributed by atoms with Gasteiger partial charge in [0, 0.05) is 11.9 Å². The summed E-state index contributed by atoms with van der Waals surface area (Å²) >= 11 is 0. The maximum atomic E-state index is 12.0. The minimum absolute atomic E-state index is 0.0443. The number of para-hydroxylation sites is 1. The van der Waals surface area contributed by atoms with Crippen LogP contribution in [0.3, 0.4) is 0 Å². The largest absolute Gasteiger partial charge is 0.457 e. The molecule has 0 aliphatic heterocycles. The molecule has 1 aromatic heterocycles. The highest BCUT2D eigenvalue weighted by Crippen LogP contribution is 2.22. The predicted octanol–water partition coefficient (Wildman–Crippen LogP) is 2.81. The molecule has 0 spiro atoms. The first-order chi connectivity index (χ1) is 11.2. The highest BCUT2D eigenvalue weighted by Gasteiger charge is 2.10. The average Bonchev–Trinajstić information content (AvgIpc) is 2.58. The van der Waals surface area contributed by atoms with Gasteiger partial charge in [0.2, 0.25) is 0 Å². The summed E-state index contributed by atoms with van der Waals surface area (Å²) in [6.07, 6.45) is 2.45. The number of rotatable bonds is 4. The standard InChI is InChI=1S/C17H13N3O3/c21-16-15(10-18-11-19-16)17(22)20-12-6-8-14(9-7-12)23-13-4-2-1-3-5-13/h1-11H,(H,20,22)(H,18,19,21). The number of hydrogen-bond acceptors (Lipinski definition) is 4. The van der Waals surface area contributed by atoms with E-state index in [0.29, 0.717) is 11.4 Å². The van der Waals surface area contributed by atoms with Gasteiger partial charge in [-0.1, -0.05) is 18.2 Å². The van der Waals surface area contributed by atoms with Crippen LogP contribution >= 0.6 is 0 Å². The third-order valence-electron chi connectivity index (χ3n) is 3.05. The molecule has 23 heavy (non-hydrogen) atoms. The van der Waals surface area contributed by atoms with Crippen LogP contribution in [0.25, 0.3) is 0 Å². The summed E-state index contributed by atoms with van der Waals surface area (Å²) in [5.41, 5.74) is 0.0253. The van der Waals surface area contributed by atoms with Crippen molar-refractivity contribution in [2.45, 2.75) is 0 Å². The molecule has 0 aliphatic rings. The van der Waals surface area contributed by atoms with Crippen molar-refractivity contribution < 1.29 is 9.53 Å². The molecular formula is C17H13N3O3. The van der Waals surface area contributed by atoms with Crippen LogP contribution in [0.5, 0.6) is 11.5 Å². The summed E-state index contributed by atoms with van der Waals surface area (Å²) in [5, 5.41) is 2.64. The Hall–Kier alpha value is -3.41. The van der Waals surface area contributed by atoms with Gasteiger partial charge in [-0.25, -0.2) is 4.98 Å². The molecule has 0 aliphatic carbocycles. The Bertz CT molecular complexity index is 858. The van der Waals surface area contributed by atoms with E-state index in [1.54, 1.807) is 24.3 Å². The zero-order valence-electron chi connectivity index (χ0n) is 12.0. The van der Waals surface area contributed by atoms with Crippen molar-refractivity contribution in [1.29, 1.82) is 0 Å². The number of aromatic nitrogens is 2. The van der Waals surface area contributed by atoms with E-state index in [9.17, 15) is 9.59 Å². The van der Waals surface area contributed by atoms with E-state index >= 15 is 0 Å². The molecule has 6 heteroatoms. The molecule has 0 saturated carbocycles. The fourth-order valence-corrected chi connectivity index (χ4v) is 1.94. The van der Waals surface area contributed by atoms with Crippen LogP contribution in [0.4, 0.5) is 5.69 Å². The third kappa shape index (κ3) is 3.62. The Morgan fingerprint density at radius 3 is 2.39 bits per heavy atom. The maximum Gasteiger partial charge on any atom is 0.263 e. The molecule has 0 atom stereocenters. The molecule has 3 rings (SSSR count). The lowest BCUT2D eigenvalue weighted by Crippen LogP contribution is -2.23. The van der Waals surface area contributed by atoms with Crippen molar-refractivity contribution in [2.24, 2.45) is 0 Å². The van der Waals surface area contributed by atoms with Gasteiger partial charge in [0.25, 0.3) is 11.5 Å². The van der Waals surface area contributed by atoms with E-state index in [1.807, 2.05) is 30.3 Å². The van der Waals surface area contributed by atoms with E-state index in [4.69, 9.17) is 4.74 Å². The van der Waals surface area contributed by atoms with Crippen molar-refractivity contribution in [3.63, 3.8) is 0 Å².